The predicted molar refractivity (Wildman–Crippen MR) is 168 cm³/mol. The summed E-state index contributed by atoms with van der Waals surface area (Å²) in [5, 5.41) is 17.6. The molecule has 14 nitrogen and oxygen atoms in total. The first-order valence-corrected chi connectivity index (χ1v) is 14.5. The van der Waals surface area contributed by atoms with Crippen molar-refractivity contribution >= 4 is 29.6 Å². The molecule has 0 radical (unpaired) electrons. The third-order valence-corrected chi connectivity index (χ3v) is 6.83. The number of carbonyl (C=O) groups excluding carboxylic acids is 4. The average Bonchev–Trinajstić information content (AvgIpc) is 2.99. The largest absolute Gasteiger partial charge is 0.508 e. The van der Waals surface area contributed by atoms with Crippen molar-refractivity contribution in [1.82, 2.24) is 16.0 Å². The van der Waals surface area contributed by atoms with Gasteiger partial charge in [-0.2, -0.15) is 0 Å². The third-order valence-electron chi connectivity index (χ3n) is 6.83. The van der Waals surface area contributed by atoms with Gasteiger partial charge in [-0.05, 0) is 68.3 Å². The van der Waals surface area contributed by atoms with E-state index < -0.39 is 47.8 Å². The maximum Gasteiger partial charge on any atom is 0.243 e. The van der Waals surface area contributed by atoms with E-state index in [9.17, 15) is 24.3 Å². The molecule has 14 N–H and O–H groups in total. The van der Waals surface area contributed by atoms with Crippen LogP contribution < -0.4 is 44.6 Å². The first-order chi connectivity index (χ1) is 21.0. The van der Waals surface area contributed by atoms with E-state index in [0.29, 0.717) is 32.2 Å². The number of guanidine groups is 1. The van der Waals surface area contributed by atoms with Gasteiger partial charge in [0.25, 0.3) is 0 Å². The normalized spacial score (nSPS) is 13.5. The minimum Gasteiger partial charge on any atom is -0.508 e. The Labute approximate surface area is 257 Å². The molecule has 240 valence electrons. The SMILES string of the molecule is NCCCC[C@H](NC(=O)[C@H](CCCN=C(N)N)NC(=O)[C@@H](Cc1ccccc1)NC(=O)[C@@H](N)Cc1ccc(O)cc1)C(N)=O. The van der Waals surface area contributed by atoms with Crippen LogP contribution in [-0.4, -0.2) is 72.0 Å². The van der Waals surface area contributed by atoms with Gasteiger partial charge in [-0.15, -0.1) is 0 Å². The van der Waals surface area contributed by atoms with E-state index in [1.54, 1.807) is 36.4 Å². The number of rotatable bonds is 19. The zero-order valence-electron chi connectivity index (χ0n) is 24.8. The highest BCUT2D eigenvalue weighted by atomic mass is 16.3. The molecule has 0 aromatic heterocycles. The van der Waals surface area contributed by atoms with E-state index in [2.05, 4.69) is 20.9 Å². The molecule has 2 aromatic rings. The van der Waals surface area contributed by atoms with Crippen LogP contribution in [-0.2, 0) is 32.0 Å². The number of hydrogen-bond donors (Lipinski definition) is 9. The molecule has 0 aliphatic rings. The molecule has 4 amide bonds. The Morgan fingerprint density at radius 3 is 1.89 bits per heavy atom. The molecule has 0 aliphatic heterocycles. The molecule has 4 atom stereocenters. The number of nitrogens with two attached hydrogens (primary N) is 5. The molecular formula is C30H45N9O5. The highest BCUT2D eigenvalue weighted by Crippen LogP contribution is 2.12. The van der Waals surface area contributed by atoms with Crippen LogP contribution in [0.25, 0.3) is 0 Å². The first kappa shape index (κ1) is 35.5. The minimum absolute atomic E-state index is 0.0842. The summed E-state index contributed by atoms with van der Waals surface area (Å²) in [6, 6.07) is 11.2. The molecule has 0 spiro atoms. The zero-order chi connectivity index (χ0) is 32.5. The van der Waals surface area contributed by atoms with E-state index >= 15 is 0 Å². The summed E-state index contributed by atoms with van der Waals surface area (Å²) in [7, 11) is 0. The van der Waals surface area contributed by atoms with E-state index in [4.69, 9.17) is 28.7 Å². The quantitative estimate of drug-likeness (QED) is 0.0514. The van der Waals surface area contributed by atoms with Gasteiger partial charge in [0.2, 0.25) is 23.6 Å². The standard InChI is InChI=1S/C30H45N9O5/c31-15-5-4-9-23(26(33)41)37-28(43)24(10-6-16-36-30(34)35)38-29(44)25(18-19-7-2-1-3-8-19)39-27(42)22(32)17-20-11-13-21(40)14-12-20/h1-3,7-8,11-14,22-25,40H,4-6,9-10,15-18,31-32H2,(H2,33,41)(H,37,43)(H,38,44)(H,39,42)(H4,34,35,36)/t22-,23-,24-,25+/m0/s1. The predicted octanol–water partition coefficient (Wildman–Crippen LogP) is -1.37. The maximum atomic E-state index is 13.6. The van der Waals surface area contributed by atoms with Crippen molar-refractivity contribution in [2.45, 2.75) is 69.1 Å². The van der Waals surface area contributed by atoms with Gasteiger partial charge in [0, 0.05) is 13.0 Å². The van der Waals surface area contributed by atoms with Crippen molar-refractivity contribution in [1.29, 1.82) is 0 Å². The number of hydrogen-bond acceptors (Lipinski definition) is 8. The van der Waals surface area contributed by atoms with Crippen molar-refractivity contribution < 1.29 is 24.3 Å². The summed E-state index contributed by atoms with van der Waals surface area (Å²) in [5.41, 5.74) is 29.5. The highest BCUT2D eigenvalue weighted by molar-refractivity contribution is 5.94. The number of phenols is 1. The van der Waals surface area contributed by atoms with Gasteiger partial charge in [-0.25, -0.2) is 0 Å². The fourth-order valence-corrected chi connectivity index (χ4v) is 4.41. The number of nitrogens with zero attached hydrogens (tertiary/aromatic N) is 1. The van der Waals surface area contributed by atoms with Gasteiger partial charge in [-0.3, -0.25) is 24.2 Å². The molecule has 2 rings (SSSR count). The molecule has 0 heterocycles. The number of amides is 4. The monoisotopic (exact) mass is 611 g/mol. The first-order valence-electron chi connectivity index (χ1n) is 14.5. The summed E-state index contributed by atoms with van der Waals surface area (Å²) >= 11 is 0. The van der Waals surface area contributed by atoms with Crippen LogP contribution in [0.1, 0.15) is 43.2 Å². The maximum absolute atomic E-state index is 13.6. The Balaban J connectivity index is 2.23. The van der Waals surface area contributed by atoms with Gasteiger partial charge >= 0.3 is 0 Å². The molecule has 0 aliphatic carbocycles. The second-order valence-corrected chi connectivity index (χ2v) is 10.5. The van der Waals surface area contributed by atoms with Crippen LogP contribution >= 0.6 is 0 Å². The number of aromatic hydroxyl groups is 1. The van der Waals surface area contributed by atoms with Gasteiger partial charge in [0.15, 0.2) is 5.96 Å². The molecule has 0 unspecified atom stereocenters. The number of phenolic OH excluding ortho intramolecular Hbond substituents is 1. The molecule has 0 bridgehead atoms. The Hall–Kier alpha value is -4.69. The molecule has 44 heavy (non-hydrogen) atoms. The lowest BCUT2D eigenvalue weighted by Crippen LogP contribution is -2.58. The second-order valence-electron chi connectivity index (χ2n) is 10.5. The highest BCUT2D eigenvalue weighted by Gasteiger charge is 2.30. The molecule has 0 saturated carbocycles. The van der Waals surface area contributed by atoms with E-state index in [1.807, 2.05) is 6.07 Å². The van der Waals surface area contributed by atoms with E-state index in [1.165, 1.54) is 12.1 Å². The van der Waals surface area contributed by atoms with Crippen LogP contribution in [0.2, 0.25) is 0 Å². The summed E-state index contributed by atoms with van der Waals surface area (Å²) in [4.78, 5) is 56.0. The number of carbonyl (C=O) groups is 4. The second kappa shape index (κ2) is 18.8. The van der Waals surface area contributed by atoms with Crippen LogP contribution in [0.4, 0.5) is 0 Å². The fraction of sp³-hybridized carbons (Fsp3) is 0.433. The van der Waals surface area contributed by atoms with Crippen LogP contribution in [0.3, 0.4) is 0 Å². The Morgan fingerprint density at radius 2 is 1.27 bits per heavy atom. The molecule has 0 saturated heterocycles. The van der Waals surface area contributed by atoms with Gasteiger partial charge in [0.1, 0.15) is 23.9 Å². The van der Waals surface area contributed by atoms with Crippen LogP contribution in [0.5, 0.6) is 5.75 Å². The van der Waals surface area contributed by atoms with E-state index in [0.717, 1.165) is 11.1 Å². The lowest BCUT2D eigenvalue weighted by Gasteiger charge is -2.25. The number of aliphatic imine (C=N–C) groups is 1. The molecule has 0 fully saturated rings. The smallest absolute Gasteiger partial charge is 0.243 e. The molecular weight excluding hydrogens is 566 g/mol. The summed E-state index contributed by atoms with van der Waals surface area (Å²) in [6.45, 7) is 0.629. The van der Waals surface area contributed by atoms with Crippen molar-refractivity contribution in [2.24, 2.45) is 33.7 Å². The third kappa shape index (κ3) is 13.1. The fourth-order valence-electron chi connectivity index (χ4n) is 4.41. The van der Waals surface area contributed by atoms with Crippen molar-refractivity contribution in [3.63, 3.8) is 0 Å². The van der Waals surface area contributed by atoms with Gasteiger partial charge < -0.3 is 49.7 Å². The Morgan fingerprint density at radius 1 is 0.705 bits per heavy atom. The number of benzene rings is 2. The average molecular weight is 612 g/mol. The van der Waals surface area contributed by atoms with Gasteiger partial charge in [-0.1, -0.05) is 42.5 Å². The Bertz CT molecular complexity index is 1240. The van der Waals surface area contributed by atoms with Crippen molar-refractivity contribution in [3.05, 3.63) is 65.7 Å². The molecule has 14 heteroatoms. The number of unbranched alkanes of at least 4 members (excludes halogenated alkanes) is 1. The molecule has 2 aromatic carbocycles. The lowest BCUT2D eigenvalue weighted by atomic mass is 10.0. The van der Waals surface area contributed by atoms with Crippen LogP contribution in [0, 0.1) is 0 Å². The summed E-state index contributed by atoms with van der Waals surface area (Å²) < 4.78 is 0. The Kier molecular flexibility index (Phi) is 15.1. The van der Waals surface area contributed by atoms with Crippen LogP contribution in [0.15, 0.2) is 59.6 Å². The summed E-state index contributed by atoms with van der Waals surface area (Å²) in [6.07, 6.45) is 2.26. The zero-order valence-corrected chi connectivity index (χ0v) is 24.8. The number of nitrogens with one attached hydrogen (secondary N) is 3. The van der Waals surface area contributed by atoms with Gasteiger partial charge in [0.05, 0.1) is 6.04 Å². The van der Waals surface area contributed by atoms with E-state index in [-0.39, 0.29) is 37.5 Å². The van der Waals surface area contributed by atoms with Crippen molar-refractivity contribution in [3.8, 4) is 5.75 Å². The number of primary amides is 1. The minimum atomic E-state index is -1.09. The topological polar surface area (TPSA) is 267 Å². The summed E-state index contributed by atoms with van der Waals surface area (Å²) in [5.74, 6) is -2.55. The van der Waals surface area contributed by atoms with Crippen molar-refractivity contribution in [2.75, 3.05) is 13.1 Å². The lowest BCUT2D eigenvalue weighted by molar-refractivity contribution is -0.133.